The number of amides is 2. The summed E-state index contributed by atoms with van der Waals surface area (Å²) in [5.74, 6) is -0.127. The second kappa shape index (κ2) is 14.1. The van der Waals surface area contributed by atoms with E-state index in [0.717, 1.165) is 29.6 Å². The predicted octanol–water partition coefficient (Wildman–Crippen LogP) is 3.49. The molecule has 1 atom stereocenters. The van der Waals surface area contributed by atoms with Crippen LogP contribution in [0.25, 0.3) is 5.65 Å². The zero-order chi connectivity index (χ0) is 31.2. The summed E-state index contributed by atoms with van der Waals surface area (Å²) in [6.07, 6.45) is 7.43. The zero-order valence-corrected chi connectivity index (χ0v) is 25.8. The van der Waals surface area contributed by atoms with Gasteiger partial charge in [0, 0.05) is 57.1 Å². The standard InChI is InChI=1S/C31H42FN9O3/c1-20(2)24-18-34-41-28(24)37-30(35-23-10-14-44-15-11-23)38-31(41)33-17-21-7-8-25(32)26(16-21)36-29(43)22-9-13-40(19-22)27(42)6-5-12-39(3)4/h5-8,16,18,20,22-23H,9-15,17,19H2,1-4H3,(H,36,43)(H2,33,35,37,38). The number of hydrogen-bond donors (Lipinski definition) is 3. The van der Waals surface area contributed by atoms with Crippen LogP contribution in [0.1, 0.15) is 50.2 Å². The maximum Gasteiger partial charge on any atom is 0.246 e. The number of likely N-dealkylation sites (N-methyl/N-ethyl adjacent to an activating group) is 1. The number of hydrogen-bond acceptors (Lipinski definition) is 9. The lowest BCUT2D eigenvalue weighted by Gasteiger charge is -2.23. The molecule has 0 aliphatic carbocycles. The van der Waals surface area contributed by atoms with E-state index in [0.29, 0.717) is 57.7 Å². The van der Waals surface area contributed by atoms with Gasteiger partial charge < -0.3 is 30.5 Å². The number of ether oxygens (including phenoxy) is 1. The Morgan fingerprint density at radius 1 is 1.18 bits per heavy atom. The van der Waals surface area contributed by atoms with Gasteiger partial charge in [0.15, 0.2) is 5.65 Å². The molecule has 12 nitrogen and oxygen atoms in total. The number of anilines is 3. The lowest BCUT2D eigenvalue weighted by molar-refractivity contribution is -0.125. The van der Waals surface area contributed by atoms with Crippen LogP contribution >= 0.6 is 0 Å². The van der Waals surface area contributed by atoms with Crippen LogP contribution in [-0.4, -0.2) is 94.2 Å². The minimum Gasteiger partial charge on any atom is -0.381 e. The Morgan fingerprint density at radius 3 is 2.73 bits per heavy atom. The van der Waals surface area contributed by atoms with Gasteiger partial charge in [-0.05, 0) is 57.0 Å². The fraction of sp³-hybridized carbons (Fsp3) is 0.516. The fourth-order valence-electron chi connectivity index (χ4n) is 5.34. The highest BCUT2D eigenvalue weighted by Crippen LogP contribution is 2.25. The summed E-state index contributed by atoms with van der Waals surface area (Å²) in [6.45, 7) is 7.34. The number of aromatic nitrogens is 4. The molecule has 2 aliphatic rings. The molecule has 0 saturated carbocycles. The van der Waals surface area contributed by atoms with E-state index in [4.69, 9.17) is 14.7 Å². The van der Waals surface area contributed by atoms with E-state index in [1.165, 1.54) is 6.07 Å². The first-order valence-corrected chi connectivity index (χ1v) is 15.2. The molecule has 3 aromatic rings. The summed E-state index contributed by atoms with van der Waals surface area (Å²) in [6, 6.07) is 4.84. The van der Waals surface area contributed by atoms with Gasteiger partial charge in [0.25, 0.3) is 0 Å². The van der Waals surface area contributed by atoms with Crippen LogP contribution in [0, 0.1) is 11.7 Å². The van der Waals surface area contributed by atoms with Crippen LogP contribution in [-0.2, 0) is 20.9 Å². The van der Waals surface area contributed by atoms with Crippen LogP contribution < -0.4 is 16.0 Å². The Balaban J connectivity index is 1.25. The Morgan fingerprint density at radius 2 is 1.98 bits per heavy atom. The van der Waals surface area contributed by atoms with Crippen molar-refractivity contribution in [2.24, 2.45) is 5.92 Å². The number of nitrogens with zero attached hydrogens (tertiary/aromatic N) is 6. The highest BCUT2D eigenvalue weighted by molar-refractivity contribution is 5.94. The van der Waals surface area contributed by atoms with Crippen molar-refractivity contribution in [3.05, 3.63) is 53.5 Å². The first-order valence-electron chi connectivity index (χ1n) is 15.2. The number of carbonyl (C=O) groups excluding carboxylic acids is 2. The zero-order valence-electron chi connectivity index (χ0n) is 25.8. The molecule has 0 spiro atoms. The number of fused-ring (bicyclic) bond motifs is 1. The lowest BCUT2D eigenvalue weighted by Crippen LogP contribution is -2.30. The molecule has 1 unspecified atom stereocenters. The summed E-state index contributed by atoms with van der Waals surface area (Å²) in [4.78, 5) is 38.6. The summed E-state index contributed by atoms with van der Waals surface area (Å²) in [7, 11) is 3.85. The maximum absolute atomic E-state index is 14.8. The molecule has 2 aromatic heterocycles. The Bertz CT molecular complexity index is 1500. The first kappa shape index (κ1) is 31.3. The second-order valence-corrected chi connectivity index (χ2v) is 12.0. The van der Waals surface area contributed by atoms with E-state index >= 15 is 0 Å². The topological polar surface area (TPSA) is 129 Å². The van der Waals surface area contributed by atoms with E-state index in [1.807, 2.05) is 19.0 Å². The third-order valence-electron chi connectivity index (χ3n) is 7.91. The minimum atomic E-state index is -0.527. The van der Waals surface area contributed by atoms with Gasteiger partial charge >= 0.3 is 0 Å². The van der Waals surface area contributed by atoms with Crippen molar-refractivity contribution in [3.8, 4) is 0 Å². The molecule has 236 valence electrons. The van der Waals surface area contributed by atoms with E-state index in [1.54, 1.807) is 39.9 Å². The smallest absolute Gasteiger partial charge is 0.246 e. The summed E-state index contributed by atoms with van der Waals surface area (Å²) >= 11 is 0. The molecular formula is C31H42FN9O3. The number of nitrogens with one attached hydrogen (secondary N) is 3. The number of carbonyl (C=O) groups is 2. The van der Waals surface area contributed by atoms with E-state index in [9.17, 15) is 14.0 Å². The van der Waals surface area contributed by atoms with Crippen molar-refractivity contribution >= 4 is 35.0 Å². The summed E-state index contributed by atoms with van der Waals surface area (Å²) in [5, 5.41) is 14.0. The van der Waals surface area contributed by atoms with Gasteiger partial charge in [-0.2, -0.15) is 19.6 Å². The Kier molecular flexibility index (Phi) is 10.1. The Labute approximate surface area is 257 Å². The largest absolute Gasteiger partial charge is 0.381 e. The molecule has 1 aromatic carbocycles. The van der Waals surface area contributed by atoms with Crippen LogP contribution in [0.5, 0.6) is 0 Å². The van der Waals surface area contributed by atoms with Gasteiger partial charge in [-0.1, -0.05) is 26.0 Å². The van der Waals surface area contributed by atoms with Crippen molar-refractivity contribution in [2.45, 2.75) is 51.6 Å². The lowest BCUT2D eigenvalue weighted by atomic mass is 10.1. The predicted molar refractivity (Wildman–Crippen MR) is 167 cm³/mol. The van der Waals surface area contributed by atoms with Crippen molar-refractivity contribution in [2.75, 3.05) is 62.9 Å². The van der Waals surface area contributed by atoms with Gasteiger partial charge in [-0.3, -0.25) is 9.59 Å². The molecule has 2 saturated heterocycles. The van der Waals surface area contributed by atoms with Crippen molar-refractivity contribution < 1.29 is 18.7 Å². The SMILES string of the molecule is CC(C)c1cnn2c(NCc3ccc(F)c(NC(=O)C4CCN(C(=O)C=CCN(C)C)C4)c3)nc(NC3CCOCC3)nc12. The molecule has 5 rings (SSSR count). The molecule has 2 aliphatic heterocycles. The van der Waals surface area contributed by atoms with Gasteiger partial charge in [0.2, 0.25) is 23.7 Å². The van der Waals surface area contributed by atoms with Crippen LogP contribution in [0.15, 0.2) is 36.5 Å². The second-order valence-electron chi connectivity index (χ2n) is 12.0. The molecule has 0 bridgehead atoms. The average molecular weight is 608 g/mol. The molecule has 3 N–H and O–H groups in total. The van der Waals surface area contributed by atoms with E-state index in [2.05, 4.69) is 34.9 Å². The summed E-state index contributed by atoms with van der Waals surface area (Å²) in [5.41, 5.74) is 2.57. The van der Waals surface area contributed by atoms with E-state index in [-0.39, 0.29) is 29.5 Å². The van der Waals surface area contributed by atoms with Gasteiger partial charge in [-0.15, -0.1) is 0 Å². The third-order valence-corrected chi connectivity index (χ3v) is 7.91. The maximum atomic E-state index is 14.8. The molecule has 13 heteroatoms. The van der Waals surface area contributed by atoms with Gasteiger partial charge in [0.1, 0.15) is 5.82 Å². The number of halogens is 1. The van der Waals surface area contributed by atoms with Crippen LogP contribution in [0.4, 0.5) is 22.0 Å². The number of benzene rings is 1. The van der Waals surface area contributed by atoms with Crippen molar-refractivity contribution in [3.63, 3.8) is 0 Å². The highest BCUT2D eigenvalue weighted by atomic mass is 19.1. The number of rotatable bonds is 11. The minimum absolute atomic E-state index is 0.0980. The third kappa shape index (κ3) is 7.69. The van der Waals surface area contributed by atoms with Gasteiger partial charge in [0.05, 0.1) is 17.8 Å². The molecular weight excluding hydrogens is 565 g/mol. The monoisotopic (exact) mass is 607 g/mol. The average Bonchev–Trinajstić information content (AvgIpc) is 3.66. The molecule has 2 amide bonds. The molecule has 0 radical (unpaired) electrons. The van der Waals surface area contributed by atoms with Gasteiger partial charge in [-0.25, -0.2) is 4.39 Å². The van der Waals surface area contributed by atoms with E-state index < -0.39 is 11.7 Å². The molecule has 44 heavy (non-hydrogen) atoms. The van der Waals surface area contributed by atoms with Crippen LogP contribution in [0.3, 0.4) is 0 Å². The number of likely N-dealkylation sites (tertiary alicyclic amines) is 1. The molecule has 2 fully saturated rings. The normalized spacial score (nSPS) is 17.7. The quantitative estimate of drug-likeness (QED) is 0.281. The summed E-state index contributed by atoms with van der Waals surface area (Å²) < 4.78 is 21.9. The fourth-order valence-corrected chi connectivity index (χ4v) is 5.34. The Hall–Kier alpha value is -4.10. The highest BCUT2D eigenvalue weighted by Gasteiger charge is 2.30. The first-order chi connectivity index (χ1) is 21.2. The molecule has 4 heterocycles. The van der Waals surface area contributed by atoms with Crippen molar-refractivity contribution in [1.29, 1.82) is 0 Å². The van der Waals surface area contributed by atoms with Crippen molar-refractivity contribution in [1.82, 2.24) is 29.4 Å². The van der Waals surface area contributed by atoms with Crippen LogP contribution in [0.2, 0.25) is 0 Å².